The molecule has 2 nitrogen and oxygen atoms in total. The predicted octanol–water partition coefficient (Wildman–Crippen LogP) is 1.30. The maximum Gasteiger partial charge on any atom is 0.338 e. The molecule has 0 saturated heterocycles. The van der Waals surface area contributed by atoms with E-state index >= 15 is 0 Å². The minimum absolute atomic E-state index is 0.566. The van der Waals surface area contributed by atoms with Crippen LogP contribution in [0.25, 0.3) is 0 Å². The molecule has 0 bridgehead atoms. The van der Waals surface area contributed by atoms with E-state index in [9.17, 15) is 9.18 Å². The molecule has 0 heterocycles. The first-order valence-electron chi connectivity index (χ1n) is 2.73. The normalized spacial score (nSPS) is 11.1. The first-order valence-corrected chi connectivity index (χ1v) is 2.73. The summed E-state index contributed by atoms with van der Waals surface area (Å²) in [5.41, 5.74) is -0.566. The van der Waals surface area contributed by atoms with Gasteiger partial charge in [-0.15, -0.1) is 0 Å². The highest BCUT2D eigenvalue weighted by Crippen LogP contribution is 2.06. The molecule has 0 radical (unpaired) electrons. The number of ether oxygens (including phenoxy) is 1. The fourth-order valence-electron chi connectivity index (χ4n) is 0.369. The molecule has 0 aliphatic heterocycles. The molecule has 0 rings (SSSR count). The van der Waals surface area contributed by atoms with E-state index in [4.69, 9.17) is 0 Å². The molecule has 0 aromatic heterocycles. The number of hydrogen-bond donors (Lipinski definition) is 0. The third-order valence-corrected chi connectivity index (χ3v) is 0.529. The van der Waals surface area contributed by atoms with Crippen LogP contribution in [-0.2, 0) is 9.53 Å². The van der Waals surface area contributed by atoms with Crippen molar-refractivity contribution in [2.75, 3.05) is 6.67 Å². The van der Waals surface area contributed by atoms with E-state index in [0.717, 1.165) is 0 Å². The lowest BCUT2D eigenvalue weighted by Crippen LogP contribution is -2.24. The molecule has 9 heavy (non-hydrogen) atoms. The van der Waals surface area contributed by atoms with E-state index in [1.54, 1.807) is 20.8 Å². The first-order chi connectivity index (χ1) is 3.95. The van der Waals surface area contributed by atoms with Gasteiger partial charge < -0.3 is 4.74 Å². The number of esters is 1. The molecular formula is C6H11FO2. The molecule has 0 aliphatic carbocycles. The SMILES string of the molecule is CC(C)(C)OC(=O)CF. The molecule has 0 saturated carbocycles. The van der Waals surface area contributed by atoms with Crippen LogP contribution in [0.4, 0.5) is 4.39 Å². The van der Waals surface area contributed by atoms with Crippen LogP contribution in [0.5, 0.6) is 0 Å². The summed E-state index contributed by atoms with van der Waals surface area (Å²) >= 11 is 0. The Hall–Kier alpha value is -0.600. The summed E-state index contributed by atoms with van der Waals surface area (Å²) in [7, 11) is 0. The van der Waals surface area contributed by atoms with E-state index in [0.29, 0.717) is 0 Å². The molecule has 0 spiro atoms. The Morgan fingerprint density at radius 2 is 2.00 bits per heavy atom. The zero-order valence-electron chi connectivity index (χ0n) is 5.90. The van der Waals surface area contributed by atoms with Crippen molar-refractivity contribution in [3.8, 4) is 0 Å². The van der Waals surface area contributed by atoms with Crippen LogP contribution in [-0.4, -0.2) is 18.2 Å². The molecule has 0 unspecified atom stereocenters. The largest absolute Gasteiger partial charge is 0.458 e. The third-order valence-electron chi connectivity index (χ3n) is 0.529. The molecule has 0 atom stereocenters. The minimum atomic E-state index is -1.04. The minimum Gasteiger partial charge on any atom is -0.458 e. The molecule has 0 aromatic carbocycles. The summed E-state index contributed by atoms with van der Waals surface area (Å²) in [5, 5.41) is 0. The third kappa shape index (κ3) is 5.27. The van der Waals surface area contributed by atoms with E-state index in [-0.39, 0.29) is 0 Å². The van der Waals surface area contributed by atoms with Gasteiger partial charge in [0, 0.05) is 0 Å². The maximum absolute atomic E-state index is 11.4. The van der Waals surface area contributed by atoms with Crippen molar-refractivity contribution in [3.05, 3.63) is 0 Å². The summed E-state index contributed by atoms with van der Waals surface area (Å²) in [6, 6.07) is 0. The Bertz CT molecular complexity index is 104. The summed E-state index contributed by atoms with van der Waals surface area (Å²) < 4.78 is 16.0. The lowest BCUT2D eigenvalue weighted by Gasteiger charge is -2.17. The van der Waals surface area contributed by atoms with Crippen LogP contribution in [0.15, 0.2) is 0 Å². The van der Waals surface area contributed by atoms with Gasteiger partial charge in [0.2, 0.25) is 0 Å². The van der Waals surface area contributed by atoms with Crippen molar-refractivity contribution in [1.82, 2.24) is 0 Å². The predicted molar refractivity (Wildman–Crippen MR) is 31.8 cm³/mol. The summed E-state index contributed by atoms with van der Waals surface area (Å²) in [4.78, 5) is 10.2. The van der Waals surface area contributed by atoms with Gasteiger partial charge >= 0.3 is 5.97 Å². The number of carbonyl (C=O) groups excluding carboxylic acids is 1. The molecule has 54 valence electrons. The standard InChI is InChI=1S/C6H11FO2/c1-6(2,3)9-5(8)4-7/h4H2,1-3H3. The summed E-state index contributed by atoms with van der Waals surface area (Å²) in [6.07, 6.45) is 0. The van der Waals surface area contributed by atoms with Gasteiger partial charge in [0.1, 0.15) is 5.60 Å². The van der Waals surface area contributed by atoms with Crippen molar-refractivity contribution < 1.29 is 13.9 Å². The van der Waals surface area contributed by atoms with Gasteiger partial charge in [0.15, 0.2) is 6.67 Å². The smallest absolute Gasteiger partial charge is 0.338 e. The van der Waals surface area contributed by atoms with E-state index in [2.05, 4.69) is 4.74 Å². The van der Waals surface area contributed by atoms with Gasteiger partial charge in [0.05, 0.1) is 0 Å². The molecule has 0 aliphatic rings. The Morgan fingerprint density at radius 1 is 1.56 bits per heavy atom. The quantitative estimate of drug-likeness (QED) is 0.505. The lowest BCUT2D eigenvalue weighted by molar-refractivity contribution is -0.155. The monoisotopic (exact) mass is 134 g/mol. The van der Waals surface area contributed by atoms with Gasteiger partial charge in [-0.1, -0.05) is 0 Å². The Labute approximate surface area is 54.0 Å². The first kappa shape index (κ1) is 8.40. The van der Waals surface area contributed by atoms with Crippen LogP contribution in [0.3, 0.4) is 0 Å². The van der Waals surface area contributed by atoms with Crippen molar-refractivity contribution in [2.45, 2.75) is 26.4 Å². The number of rotatable bonds is 1. The fraction of sp³-hybridized carbons (Fsp3) is 0.833. The topological polar surface area (TPSA) is 26.3 Å². The van der Waals surface area contributed by atoms with Crippen LogP contribution >= 0.6 is 0 Å². The fourth-order valence-corrected chi connectivity index (χ4v) is 0.369. The molecule has 0 aromatic rings. The van der Waals surface area contributed by atoms with Crippen molar-refractivity contribution in [3.63, 3.8) is 0 Å². The molecular weight excluding hydrogens is 123 g/mol. The molecule has 0 amide bonds. The Morgan fingerprint density at radius 3 is 2.11 bits per heavy atom. The van der Waals surface area contributed by atoms with Gasteiger partial charge in [-0.3, -0.25) is 0 Å². The summed E-state index contributed by atoms with van der Waals surface area (Å²) in [6.45, 7) is 4.04. The van der Waals surface area contributed by atoms with E-state index < -0.39 is 18.2 Å². The van der Waals surface area contributed by atoms with Gasteiger partial charge in [0.25, 0.3) is 0 Å². The zero-order chi connectivity index (χ0) is 7.49. The number of alkyl halides is 1. The average molecular weight is 134 g/mol. The average Bonchev–Trinajstić information content (AvgIpc) is 1.62. The van der Waals surface area contributed by atoms with Crippen LogP contribution in [0.2, 0.25) is 0 Å². The Balaban J connectivity index is 3.60. The highest BCUT2D eigenvalue weighted by molar-refractivity contribution is 5.70. The van der Waals surface area contributed by atoms with Crippen molar-refractivity contribution in [2.24, 2.45) is 0 Å². The second-order valence-electron chi connectivity index (χ2n) is 2.72. The van der Waals surface area contributed by atoms with E-state index in [1.807, 2.05) is 0 Å². The van der Waals surface area contributed by atoms with Gasteiger partial charge in [-0.05, 0) is 20.8 Å². The molecule has 0 N–H and O–H groups in total. The highest BCUT2D eigenvalue weighted by atomic mass is 19.1. The second-order valence-corrected chi connectivity index (χ2v) is 2.72. The maximum atomic E-state index is 11.4. The van der Waals surface area contributed by atoms with Crippen LogP contribution < -0.4 is 0 Å². The number of hydrogen-bond acceptors (Lipinski definition) is 2. The molecule has 0 fully saturated rings. The van der Waals surface area contributed by atoms with Crippen LogP contribution in [0, 0.1) is 0 Å². The Kier molecular flexibility index (Phi) is 2.62. The lowest BCUT2D eigenvalue weighted by atomic mass is 10.2. The van der Waals surface area contributed by atoms with Crippen molar-refractivity contribution >= 4 is 5.97 Å². The van der Waals surface area contributed by atoms with Crippen molar-refractivity contribution in [1.29, 1.82) is 0 Å². The second kappa shape index (κ2) is 2.80. The number of halogens is 1. The van der Waals surface area contributed by atoms with Gasteiger partial charge in [-0.25, -0.2) is 9.18 Å². The van der Waals surface area contributed by atoms with E-state index in [1.165, 1.54) is 0 Å². The summed E-state index contributed by atoms with van der Waals surface area (Å²) in [5.74, 6) is -0.803. The van der Waals surface area contributed by atoms with Crippen LogP contribution in [0.1, 0.15) is 20.8 Å². The highest BCUT2D eigenvalue weighted by Gasteiger charge is 2.14. The number of carbonyl (C=O) groups is 1. The molecule has 3 heteroatoms. The van der Waals surface area contributed by atoms with Gasteiger partial charge in [-0.2, -0.15) is 0 Å². The zero-order valence-corrected chi connectivity index (χ0v) is 5.90.